The molecule has 6 heteroatoms. The Morgan fingerprint density at radius 1 is 1.23 bits per heavy atom. The second-order valence-corrected chi connectivity index (χ2v) is 10.1. The summed E-state index contributed by atoms with van der Waals surface area (Å²) in [5.74, 6) is -0.241. The van der Waals surface area contributed by atoms with E-state index in [9.17, 15) is 4.79 Å². The molecule has 2 heterocycles. The van der Waals surface area contributed by atoms with Crippen LogP contribution in [0.15, 0.2) is 0 Å². The molecule has 3 rings (SSSR count). The van der Waals surface area contributed by atoms with Crippen LogP contribution in [0.3, 0.4) is 0 Å². The van der Waals surface area contributed by atoms with Crippen molar-refractivity contribution in [3.63, 3.8) is 0 Å². The van der Waals surface area contributed by atoms with E-state index in [4.69, 9.17) is 14.2 Å². The normalized spacial score (nSPS) is 36.7. The average Bonchev–Trinajstić information content (AvgIpc) is 3.01. The molecule has 1 aliphatic carbocycles. The van der Waals surface area contributed by atoms with E-state index in [0.29, 0.717) is 21.2 Å². The van der Waals surface area contributed by atoms with Crippen molar-refractivity contribution < 1.29 is 19.0 Å². The van der Waals surface area contributed by atoms with Crippen molar-refractivity contribution in [3.8, 4) is 0 Å². The number of carbonyl (C=O) groups is 1. The number of hydrogen-bond acceptors (Lipinski definition) is 6. The molecule has 2 aliphatic heterocycles. The minimum absolute atomic E-state index is 0.0450. The summed E-state index contributed by atoms with van der Waals surface area (Å²) in [5.41, 5.74) is 0. The van der Waals surface area contributed by atoms with Crippen molar-refractivity contribution in [1.29, 1.82) is 0 Å². The molecule has 1 spiro atoms. The molecule has 0 aromatic rings. The standard InChI is InChI=1S/C16H26O4S2/c1-10(2)14(17)19-9-11-12-13(15(18-3)20-11)22-16(21-12)7-5-4-6-8-16/h10-13,15H,4-9H2,1-3H3. The van der Waals surface area contributed by atoms with E-state index in [1.165, 1.54) is 32.1 Å². The van der Waals surface area contributed by atoms with Crippen molar-refractivity contribution in [2.45, 2.75) is 72.9 Å². The van der Waals surface area contributed by atoms with Gasteiger partial charge in [-0.05, 0) is 12.8 Å². The Kier molecular flexibility index (Phi) is 5.32. The van der Waals surface area contributed by atoms with E-state index in [-0.39, 0.29) is 24.3 Å². The molecule has 3 aliphatic rings. The van der Waals surface area contributed by atoms with Gasteiger partial charge < -0.3 is 14.2 Å². The van der Waals surface area contributed by atoms with Gasteiger partial charge in [-0.15, -0.1) is 23.5 Å². The second-order valence-electron chi connectivity index (χ2n) is 6.70. The molecule has 0 N–H and O–H groups in total. The van der Waals surface area contributed by atoms with Crippen LogP contribution in [0.4, 0.5) is 0 Å². The molecule has 4 atom stereocenters. The number of esters is 1. The first-order valence-corrected chi connectivity index (χ1v) is 10.0. The monoisotopic (exact) mass is 346 g/mol. The summed E-state index contributed by atoms with van der Waals surface area (Å²) in [6.07, 6.45) is 6.35. The molecule has 0 aromatic carbocycles. The van der Waals surface area contributed by atoms with E-state index in [1.807, 2.05) is 13.8 Å². The maximum atomic E-state index is 11.7. The van der Waals surface area contributed by atoms with Gasteiger partial charge in [0.05, 0.1) is 20.5 Å². The van der Waals surface area contributed by atoms with Gasteiger partial charge in [0.1, 0.15) is 12.7 Å². The number of carbonyl (C=O) groups excluding carboxylic acids is 1. The Hall–Kier alpha value is 0.0900. The van der Waals surface area contributed by atoms with Gasteiger partial charge in [0, 0.05) is 7.11 Å². The van der Waals surface area contributed by atoms with Crippen LogP contribution < -0.4 is 0 Å². The molecule has 0 amide bonds. The molecule has 126 valence electrons. The molecule has 1 saturated carbocycles. The van der Waals surface area contributed by atoms with E-state index in [0.717, 1.165) is 0 Å². The number of ether oxygens (including phenoxy) is 3. The Labute approximate surface area is 141 Å². The summed E-state index contributed by atoms with van der Waals surface area (Å²) in [6, 6.07) is 0. The van der Waals surface area contributed by atoms with Crippen molar-refractivity contribution in [2.75, 3.05) is 13.7 Å². The SMILES string of the molecule is COC1OC(COC(=O)C(C)C)C2SC3(CCCCC3)SC12. The summed E-state index contributed by atoms with van der Waals surface area (Å²) >= 11 is 4.11. The van der Waals surface area contributed by atoms with Gasteiger partial charge in [-0.25, -0.2) is 0 Å². The lowest BCUT2D eigenvalue weighted by Crippen LogP contribution is -2.30. The Bertz CT molecular complexity index is 409. The molecule has 4 unspecified atom stereocenters. The average molecular weight is 347 g/mol. The highest BCUT2D eigenvalue weighted by Crippen LogP contribution is 2.62. The Balaban J connectivity index is 1.64. The smallest absolute Gasteiger partial charge is 0.308 e. The van der Waals surface area contributed by atoms with E-state index in [1.54, 1.807) is 7.11 Å². The van der Waals surface area contributed by atoms with Crippen LogP contribution in [0, 0.1) is 5.92 Å². The summed E-state index contributed by atoms with van der Waals surface area (Å²) in [6.45, 7) is 4.06. The number of hydrogen-bond donors (Lipinski definition) is 0. The first-order chi connectivity index (χ1) is 10.5. The van der Waals surface area contributed by atoms with Gasteiger partial charge in [-0.2, -0.15) is 0 Å². The van der Waals surface area contributed by atoms with Crippen LogP contribution in [0.25, 0.3) is 0 Å². The van der Waals surface area contributed by atoms with Crippen LogP contribution in [0.2, 0.25) is 0 Å². The zero-order valence-electron chi connectivity index (χ0n) is 13.6. The molecule has 2 saturated heterocycles. The van der Waals surface area contributed by atoms with Crippen molar-refractivity contribution >= 4 is 29.5 Å². The zero-order chi connectivity index (χ0) is 15.7. The minimum atomic E-state index is -0.174. The maximum absolute atomic E-state index is 11.7. The largest absolute Gasteiger partial charge is 0.463 e. The van der Waals surface area contributed by atoms with Crippen molar-refractivity contribution in [2.24, 2.45) is 5.92 Å². The van der Waals surface area contributed by atoms with Crippen LogP contribution >= 0.6 is 23.5 Å². The molecule has 4 nitrogen and oxygen atoms in total. The Morgan fingerprint density at radius 2 is 1.91 bits per heavy atom. The quantitative estimate of drug-likeness (QED) is 0.727. The zero-order valence-corrected chi connectivity index (χ0v) is 15.2. The van der Waals surface area contributed by atoms with E-state index < -0.39 is 0 Å². The number of fused-ring (bicyclic) bond motifs is 1. The molecule has 3 fully saturated rings. The van der Waals surface area contributed by atoms with E-state index in [2.05, 4.69) is 23.5 Å². The third-order valence-corrected chi connectivity index (χ3v) is 8.76. The van der Waals surface area contributed by atoms with Gasteiger partial charge >= 0.3 is 5.97 Å². The first-order valence-electron chi connectivity index (χ1n) is 8.25. The predicted molar refractivity (Wildman–Crippen MR) is 90.0 cm³/mol. The van der Waals surface area contributed by atoms with Crippen LogP contribution in [-0.4, -0.2) is 46.7 Å². The maximum Gasteiger partial charge on any atom is 0.308 e. The van der Waals surface area contributed by atoms with Gasteiger partial charge in [0.25, 0.3) is 0 Å². The highest BCUT2D eigenvalue weighted by Gasteiger charge is 2.57. The predicted octanol–water partition coefficient (Wildman–Crippen LogP) is 3.43. The van der Waals surface area contributed by atoms with Gasteiger partial charge in [0.15, 0.2) is 6.29 Å². The fourth-order valence-corrected chi connectivity index (χ4v) is 7.88. The number of thioether (sulfide) groups is 2. The highest BCUT2D eigenvalue weighted by atomic mass is 32.2. The number of methoxy groups -OCH3 is 1. The molecule has 22 heavy (non-hydrogen) atoms. The first kappa shape index (κ1) is 16.9. The molecule has 0 aromatic heterocycles. The Morgan fingerprint density at radius 3 is 2.55 bits per heavy atom. The number of rotatable bonds is 4. The summed E-state index contributed by atoms with van der Waals surface area (Å²) < 4.78 is 17.3. The lowest BCUT2D eigenvalue weighted by Gasteiger charge is -2.33. The van der Waals surface area contributed by atoms with Crippen molar-refractivity contribution in [3.05, 3.63) is 0 Å². The van der Waals surface area contributed by atoms with Crippen LogP contribution in [-0.2, 0) is 19.0 Å². The third-order valence-electron chi connectivity index (χ3n) is 4.68. The molecule has 0 bridgehead atoms. The molecular weight excluding hydrogens is 320 g/mol. The summed E-state index contributed by atoms with van der Waals surface area (Å²) in [4.78, 5) is 11.7. The topological polar surface area (TPSA) is 44.8 Å². The van der Waals surface area contributed by atoms with Crippen LogP contribution in [0.5, 0.6) is 0 Å². The minimum Gasteiger partial charge on any atom is -0.463 e. The van der Waals surface area contributed by atoms with Crippen molar-refractivity contribution in [1.82, 2.24) is 0 Å². The fraction of sp³-hybridized carbons (Fsp3) is 0.938. The summed E-state index contributed by atoms with van der Waals surface area (Å²) in [5, 5.41) is 0.726. The van der Waals surface area contributed by atoms with Gasteiger partial charge in [0.2, 0.25) is 0 Å². The fourth-order valence-electron chi connectivity index (χ4n) is 3.46. The van der Waals surface area contributed by atoms with Gasteiger partial charge in [-0.3, -0.25) is 4.79 Å². The molecule has 0 radical (unpaired) electrons. The van der Waals surface area contributed by atoms with E-state index >= 15 is 0 Å². The second kappa shape index (κ2) is 6.91. The highest BCUT2D eigenvalue weighted by molar-refractivity contribution is 8.22. The van der Waals surface area contributed by atoms with Gasteiger partial charge in [-0.1, -0.05) is 33.1 Å². The third kappa shape index (κ3) is 3.30. The lowest BCUT2D eigenvalue weighted by atomic mass is 10.00. The summed E-state index contributed by atoms with van der Waals surface area (Å²) in [7, 11) is 1.71. The molecular formula is C16H26O4S2. The lowest BCUT2D eigenvalue weighted by molar-refractivity contribution is -0.158. The van der Waals surface area contributed by atoms with Crippen LogP contribution in [0.1, 0.15) is 46.0 Å².